The maximum atomic E-state index is 13.0. The third kappa shape index (κ3) is 58.4. The number of nitrogens with zero attached hydrogens (tertiary/aromatic N) is 1. The van der Waals surface area contributed by atoms with Crippen LogP contribution in [-0.2, 0) is 18.4 Å². The molecule has 430 valence electrons. The van der Waals surface area contributed by atoms with Crippen LogP contribution in [0.1, 0.15) is 239 Å². The summed E-state index contributed by atoms with van der Waals surface area (Å²) in [5.74, 6) is -0.212. The van der Waals surface area contributed by atoms with E-state index in [2.05, 4.69) is 129 Å². The van der Waals surface area contributed by atoms with Crippen molar-refractivity contribution in [3.63, 3.8) is 0 Å². The maximum Gasteiger partial charge on any atom is 0.268 e. The van der Waals surface area contributed by atoms with E-state index in [1.54, 1.807) is 6.08 Å². The molecule has 3 unspecified atom stereocenters. The van der Waals surface area contributed by atoms with Crippen LogP contribution in [-0.4, -0.2) is 68.5 Å². The Labute approximate surface area is 463 Å². The molecule has 0 aliphatic heterocycles. The van der Waals surface area contributed by atoms with Gasteiger partial charge in [0, 0.05) is 6.42 Å². The van der Waals surface area contributed by atoms with E-state index in [0.29, 0.717) is 17.4 Å². The van der Waals surface area contributed by atoms with Crippen LogP contribution < -0.4 is 10.2 Å². The Morgan fingerprint density at radius 1 is 0.480 bits per heavy atom. The van der Waals surface area contributed by atoms with Gasteiger partial charge in [-0.1, -0.05) is 257 Å². The highest BCUT2D eigenvalue weighted by molar-refractivity contribution is 7.45. The molecule has 0 aromatic rings. The fraction of sp³-hybridized carbons (Fsp3) is 0.682. The molecule has 0 radical (unpaired) electrons. The van der Waals surface area contributed by atoms with Crippen molar-refractivity contribution in [1.29, 1.82) is 0 Å². The molecule has 0 aliphatic carbocycles. The number of phosphoric acid groups is 1. The van der Waals surface area contributed by atoms with Crippen LogP contribution in [0.5, 0.6) is 0 Å². The number of aliphatic hydroxyl groups excluding tert-OH is 1. The number of likely N-dealkylation sites (N-methyl/N-ethyl adjacent to an activating group) is 1. The number of quaternary nitrogens is 1. The van der Waals surface area contributed by atoms with Crippen LogP contribution in [0.4, 0.5) is 0 Å². The fourth-order valence-electron chi connectivity index (χ4n) is 8.18. The molecule has 0 rings (SSSR count). The summed E-state index contributed by atoms with van der Waals surface area (Å²) in [6.07, 6.45) is 82.9. The van der Waals surface area contributed by atoms with Gasteiger partial charge in [0.15, 0.2) is 0 Å². The molecule has 0 fully saturated rings. The number of allylic oxidation sites excluding steroid dienone is 19. The van der Waals surface area contributed by atoms with E-state index in [1.165, 1.54) is 128 Å². The number of phosphoric ester groups is 1. The first kappa shape index (κ1) is 71.9. The maximum absolute atomic E-state index is 13.0. The topological polar surface area (TPSA) is 108 Å². The number of hydrogen-bond donors (Lipinski definition) is 2. The van der Waals surface area contributed by atoms with Crippen LogP contribution >= 0.6 is 7.82 Å². The predicted molar refractivity (Wildman–Crippen MR) is 325 cm³/mol. The second kappa shape index (κ2) is 55.6. The number of rotatable bonds is 54. The minimum absolute atomic E-state index is 0.0108. The summed E-state index contributed by atoms with van der Waals surface area (Å²) in [5.41, 5.74) is 0. The van der Waals surface area contributed by atoms with Crippen molar-refractivity contribution in [2.24, 2.45) is 0 Å². The molecule has 0 spiro atoms. The third-order valence-electron chi connectivity index (χ3n) is 12.9. The standard InChI is InChI=1S/C66H115N2O6P/c1-6-8-10-12-14-16-18-20-22-23-24-25-26-27-28-29-30-31-32-33-34-35-36-37-38-39-40-41-42-43-44-45-46-48-50-52-54-56-58-60-66(70)67-64(63-74-75(71,72)73-62-61-68(3,4)5)65(69)59-57-55-53-51-49-47-21-19-17-15-13-11-9-7-2/h8,10,14,16,20,22,24-25,27-28,30-31,33-34,36-37,49,51,57,59,64-65,69H,6-7,9,11-13,15,17-19,21,23,26,29,32,35,38-48,50,52-56,58,60-63H2,1-5H3,(H-,67,70,71,72)/b10-8-,16-14-,22-20-,25-24-,28-27-,31-30-,34-33-,37-36-,51-49+,59-57+. The Morgan fingerprint density at radius 2 is 0.827 bits per heavy atom. The van der Waals surface area contributed by atoms with Gasteiger partial charge in [-0.05, 0) is 96.3 Å². The van der Waals surface area contributed by atoms with E-state index in [0.717, 1.165) is 89.9 Å². The van der Waals surface area contributed by atoms with E-state index in [9.17, 15) is 19.4 Å². The highest BCUT2D eigenvalue weighted by Crippen LogP contribution is 2.38. The summed E-state index contributed by atoms with van der Waals surface area (Å²) in [6, 6.07) is -0.910. The number of amides is 1. The van der Waals surface area contributed by atoms with Gasteiger partial charge in [-0.3, -0.25) is 9.36 Å². The minimum Gasteiger partial charge on any atom is -0.756 e. The molecule has 0 saturated heterocycles. The van der Waals surface area contributed by atoms with Crippen LogP contribution in [0.15, 0.2) is 122 Å². The summed E-state index contributed by atoms with van der Waals surface area (Å²) < 4.78 is 23.3. The van der Waals surface area contributed by atoms with E-state index in [1.807, 2.05) is 27.2 Å². The summed E-state index contributed by atoms with van der Waals surface area (Å²) in [5, 5.41) is 13.8. The Balaban J connectivity index is 4.06. The van der Waals surface area contributed by atoms with Crippen molar-refractivity contribution >= 4 is 13.7 Å². The van der Waals surface area contributed by atoms with E-state index < -0.39 is 26.6 Å². The Bertz CT molecular complexity index is 1630. The molecule has 0 aromatic heterocycles. The van der Waals surface area contributed by atoms with Crippen molar-refractivity contribution in [1.82, 2.24) is 5.32 Å². The Hall–Kier alpha value is -3.10. The number of carbonyl (C=O) groups excluding carboxylic acids is 1. The number of unbranched alkanes of at least 4 members (excludes halogenated alkanes) is 23. The molecule has 0 bridgehead atoms. The summed E-state index contributed by atoms with van der Waals surface area (Å²) in [6.45, 7) is 4.50. The highest BCUT2D eigenvalue weighted by atomic mass is 31.2. The SMILES string of the molecule is CC/C=C\C/C=C\C/C=C\C/C=C\C/C=C\C/C=C\C/C=C\C/C=C\CCCCCCCCCCCCCCCCC(=O)NC(COP(=O)([O-])OCC[N+](C)(C)C)C(O)/C=C/CC/C=C/CCCCCCCCCC. The van der Waals surface area contributed by atoms with Gasteiger partial charge in [-0.2, -0.15) is 0 Å². The average Bonchev–Trinajstić information content (AvgIpc) is 3.37. The molecule has 0 saturated carbocycles. The predicted octanol–water partition coefficient (Wildman–Crippen LogP) is 18.3. The zero-order chi connectivity index (χ0) is 54.9. The molecule has 9 heteroatoms. The first-order chi connectivity index (χ1) is 36.5. The highest BCUT2D eigenvalue weighted by Gasteiger charge is 2.23. The number of hydrogen-bond acceptors (Lipinski definition) is 6. The first-order valence-corrected chi connectivity index (χ1v) is 31.9. The summed E-state index contributed by atoms with van der Waals surface area (Å²) >= 11 is 0. The Kier molecular flexibility index (Phi) is 53.3. The van der Waals surface area contributed by atoms with E-state index in [-0.39, 0.29) is 12.5 Å². The second-order valence-corrected chi connectivity index (χ2v) is 22.7. The molecule has 8 nitrogen and oxygen atoms in total. The lowest BCUT2D eigenvalue weighted by molar-refractivity contribution is -0.870. The van der Waals surface area contributed by atoms with Gasteiger partial charge in [0.05, 0.1) is 39.9 Å². The van der Waals surface area contributed by atoms with Gasteiger partial charge in [-0.25, -0.2) is 0 Å². The molecule has 2 N–H and O–H groups in total. The van der Waals surface area contributed by atoms with Gasteiger partial charge in [0.1, 0.15) is 13.2 Å². The van der Waals surface area contributed by atoms with Crippen molar-refractivity contribution in [2.75, 3.05) is 40.9 Å². The second-order valence-electron chi connectivity index (χ2n) is 21.3. The number of carbonyl (C=O) groups is 1. The van der Waals surface area contributed by atoms with E-state index >= 15 is 0 Å². The zero-order valence-electron chi connectivity index (χ0n) is 49.0. The summed E-state index contributed by atoms with van der Waals surface area (Å²) in [7, 11) is 1.23. The monoisotopic (exact) mass is 1060 g/mol. The average molecular weight is 1060 g/mol. The van der Waals surface area contributed by atoms with Crippen molar-refractivity contribution < 1.29 is 32.9 Å². The first-order valence-electron chi connectivity index (χ1n) is 30.4. The molecule has 0 heterocycles. The zero-order valence-corrected chi connectivity index (χ0v) is 49.8. The van der Waals surface area contributed by atoms with Crippen molar-refractivity contribution in [3.05, 3.63) is 122 Å². The van der Waals surface area contributed by atoms with Crippen molar-refractivity contribution in [2.45, 2.75) is 251 Å². The minimum atomic E-state index is -4.61. The summed E-state index contributed by atoms with van der Waals surface area (Å²) in [4.78, 5) is 25.5. The fourth-order valence-corrected chi connectivity index (χ4v) is 8.91. The van der Waals surface area contributed by atoms with Gasteiger partial charge in [-0.15, -0.1) is 0 Å². The van der Waals surface area contributed by atoms with Gasteiger partial charge in [0.2, 0.25) is 5.91 Å². The van der Waals surface area contributed by atoms with Gasteiger partial charge >= 0.3 is 0 Å². The van der Waals surface area contributed by atoms with Crippen LogP contribution in [0, 0.1) is 0 Å². The Morgan fingerprint density at radius 3 is 1.24 bits per heavy atom. The van der Waals surface area contributed by atoms with Crippen LogP contribution in [0.25, 0.3) is 0 Å². The largest absolute Gasteiger partial charge is 0.756 e. The lowest BCUT2D eigenvalue weighted by Gasteiger charge is -2.29. The number of aliphatic hydroxyl groups is 1. The molecule has 75 heavy (non-hydrogen) atoms. The molecular weight excluding hydrogens is 948 g/mol. The van der Waals surface area contributed by atoms with Gasteiger partial charge in [0.25, 0.3) is 7.82 Å². The quantitative estimate of drug-likeness (QED) is 0.0272. The van der Waals surface area contributed by atoms with Crippen LogP contribution in [0.3, 0.4) is 0 Å². The lowest BCUT2D eigenvalue weighted by atomic mass is 10.0. The van der Waals surface area contributed by atoms with Crippen LogP contribution in [0.2, 0.25) is 0 Å². The van der Waals surface area contributed by atoms with Crippen molar-refractivity contribution in [3.8, 4) is 0 Å². The molecule has 3 atom stereocenters. The molecular formula is C66H115N2O6P. The molecule has 0 aliphatic rings. The lowest BCUT2D eigenvalue weighted by Crippen LogP contribution is -2.45. The van der Waals surface area contributed by atoms with Gasteiger partial charge < -0.3 is 28.8 Å². The molecule has 0 aromatic carbocycles. The van der Waals surface area contributed by atoms with E-state index in [4.69, 9.17) is 9.05 Å². The molecule has 1 amide bonds. The number of nitrogens with one attached hydrogen (secondary N) is 1. The normalized spacial score (nSPS) is 14.7. The smallest absolute Gasteiger partial charge is 0.268 e. The third-order valence-corrected chi connectivity index (χ3v) is 13.9.